The molecule has 6 aromatic rings. The lowest BCUT2D eigenvalue weighted by atomic mass is 9.76. The summed E-state index contributed by atoms with van der Waals surface area (Å²) in [5, 5.41) is 38.8. The molecule has 4 unspecified atom stereocenters. The van der Waals surface area contributed by atoms with Crippen molar-refractivity contribution in [2.24, 2.45) is 0 Å². The highest BCUT2D eigenvalue weighted by Crippen LogP contribution is 2.48. The highest BCUT2D eigenvalue weighted by atomic mass is 16.5. The first-order chi connectivity index (χ1) is 24.8. The number of hydrogen-bond acceptors (Lipinski definition) is 7. The molecular weight excluding hydrogens is 640 g/mol. The smallest absolute Gasteiger partial charge is 0.126 e. The topological polar surface area (TPSA) is 109 Å². The van der Waals surface area contributed by atoms with Crippen molar-refractivity contribution in [2.75, 3.05) is 20.3 Å². The first-order valence-corrected chi connectivity index (χ1v) is 17.0. The van der Waals surface area contributed by atoms with Crippen LogP contribution in [0.2, 0.25) is 0 Å². The molecule has 0 saturated carbocycles. The van der Waals surface area contributed by atoms with E-state index in [1.54, 1.807) is 55.6 Å². The Balaban J connectivity index is 0.000000159. The van der Waals surface area contributed by atoms with Crippen LogP contribution in [0.15, 0.2) is 133 Å². The van der Waals surface area contributed by atoms with Gasteiger partial charge in [0.2, 0.25) is 0 Å². The summed E-state index contributed by atoms with van der Waals surface area (Å²) in [6.07, 6.45) is 0. The minimum absolute atomic E-state index is 0.0227. The van der Waals surface area contributed by atoms with Crippen LogP contribution in [-0.4, -0.2) is 40.7 Å². The molecule has 4 N–H and O–H groups in total. The Kier molecular flexibility index (Phi) is 9.45. The summed E-state index contributed by atoms with van der Waals surface area (Å²) < 4.78 is 17.2. The molecule has 0 spiro atoms. The molecule has 2 aliphatic rings. The van der Waals surface area contributed by atoms with E-state index in [0.29, 0.717) is 19.0 Å². The zero-order chi connectivity index (χ0) is 35.5. The van der Waals surface area contributed by atoms with E-state index in [1.807, 2.05) is 48.5 Å². The van der Waals surface area contributed by atoms with Crippen molar-refractivity contribution in [3.8, 4) is 40.2 Å². The van der Waals surface area contributed by atoms with Gasteiger partial charge in [-0.05, 0) is 77.7 Å². The third-order valence-electron chi connectivity index (χ3n) is 9.86. The summed E-state index contributed by atoms with van der Waals surface area (Å²) in [6, 6.07) is 41.8. The number of methoxy groups -OCH3 is 1. The Hall–Kier alpha value is -6.08. The third-order valence-corrected chi connectivity index (χ3v) is 9.86. The first-order valence-electron chi connectivity index (χ1n) is 17.0. The van der Waals surface area contributed by atoms with E-state index in [-0.39, 0.29) is 46.7 Å². The number of aryl methyl sites for hydroxylation is 1. The molecule has 2 heterocycles. The molecule has 7 nitrogen and oxygen atoms in total. The quantitative estimate of drug-likeness (QED) is 0.144. The van der Waals surface area contributed by atoms with Crippen molar-refractivity contribution in [1.29, 1.82) is 0 Å². The van der Waals surface area contributed by atoms with E-state index in [1.165, 1.54) is 16.7 Å². The van der Waals surface area contributed by atoms with Gasteiger partial charge in [-0.2, -0.15) is 0 Å². The van der Waals surface area contributed by atoms with Crippen LogP contribution < -0.4 is 14.2 Å². The number of aromatic hydroxyl groups is 4. The lowest BCUT2D eigenvalue weighted by Crippen LogP contribution is -2.25. The average molecular weight is 681 g/mol. The maximum Gasteiger partial charge on any atom is 0.126 e. The molecular formula is C44H40O7. The van der Waals surface area contributed by atoms with E-state index in [4.69, 9.17) is 14.2 Å². The zero-order valence-corrected chi connectivity index (χ0v) is 28.4. The standard InChI is InChI=1S/C23H22O3.C21H18O4/c1-15-3-5-16(6-4-15)21-14-26-22-13-18(24)9-12-20(22)23(21)17-7-10-19(25-2)11-8-17;22-15-5-1-13(2-6-15)19-12-25-20-11-17(24)9-10-18(20)21(19)14-3-7-16(23)8-4-14/h3-13,21,23-24H,14H2,1-2H3;1-11,19,21-24H,12H2. The van der Waals surface area contributed by atoms with Gasteiger partial charge >= 0.3 is 0 Å². The van der Waals surface area contributed by atoms with E-state index < -0.39 is 0 Å². The lowest BCUT2D eigenvalue weighted by Gasteiger charge is -2.34. The Morgan fingerprint density at radius 3 is 1.27 bits per heavy atom. The summed E-state index contributed by atoms with van der Waals surface area (Å²) >= 11 is 0. The van der Waals surface area contributed by atoms with Gasteiger partial charge in [0, 0.05) is 46.9 Å². The summed E-state index contributed by atoms with van der Waals surface area (Å²) in [7, 11) is 1.68. The summed E-state index contributed by atoms with van der Waals surface area (Å²) in [4.78, 5) is 0. The number of phenols is 4. The average Bonchev–Trinajstić information content (AvgIpc) is 3.15. The fraction of sp³-hybridized carbons (Fsp3) is 0.182. The first kappa shape index (κ1) is 33.4. The van der Waals surface area contributed by atoms with Crippen molar-refractivity contribution in [1.82, 2.24) is 0 Å². The van der Waals surface area contributed by atoms with Gasteiger partial charge in [-0.1, -0.05) is 78.4 Å². The molecule has 0 aliphatic carbocycles. The van der Waals surface area contributed by atoms with Gasteiger partial charge in [-0.25, -0.2) is 0 Å². The lowest BCUT2D eigenvalue weighted by molar-refractivity contribution is 0.247. The van der Waals surface area contributed by atoms with Crippen LogP contribution in [0, 0.1) is 6.92 Å². The van der Waals surface area contributed by atoms with Crippen molar-refractivity contribution >= 4 is 0 Å². The highest BCUT2D eigenvalue weighted by Gasteiger charge is 2.35. The predicted molar refractivity (Wildman–Crippen MR) is 197 cm³/mol. The van der Waals surface area contributed by atoms with E-state index in [2.05, 4.69) is 43.3 Å². The second kappa shape index (κ2) is 14.4. The Morgan fingerprint density at radius 2 is 0.843 bits per heavy atom. The molecule has 258 valence electrons. The van der Waals surface area contributed by atoms with Crippen molar-refractivity contribution < 1.29 is 34.6 Å². The van der Waals surface area contributed by atoms with Crippen LogP contribution in [0.5, 0.6) is 40.2 Å². The fourth-order valence-corrected chi connectivity index (χ4v) is 7.22. The van der Waals surface area contributed by atoms with Crippen molar-refractivity contribution in [3.63, 3.8) is 0 Å². The van der Waals surface area contributed by atoms with Crippen LogP contribution in [0.4, 0.5) is 0 Å². The van der Waals surface area contributed by atoms with Crippen LogP contribution in [-0.2, 0) is 0 Å². The van der Waals surface area contributed by atoms with Crippen LogP contribution in [0.1, 0.15) is 62.6 Å². The molecule has 0 radical (unpaired) electrons. The molecule has 0 bridgehead atoms. The maximum atomic E-state index is 9.83. The summed E-state index contributed by atoms with van der Waals surface area (Å²) in [5.41, 5.74) is 7.94. The van der Waals surface area contributed by atoms with Gasteiger partial charge in [0.25, 0.3) is 0 Å². The normalized spacial score (nSPS) is 18.9. The van der Waals surface area contributed by atoms with Crippen molar-refractivity contribution in [2.45, 2.75) is 30.6 Å². The fourth-order valence-electron chi connectivity index (χ4n) is 7.22. The number of fused-ring (bicyclic) bond motifs is 2. The molecule has 0 fully saturated rings. The zero-order valence-electron chi connectivity index (χ0n) is 28.4. The van der Waals surface area contributed by atoms with Gasteiger partial charge in [-0.3, -0.25) is 0 Å². The maximum absolute atomic E-state index is 9.83. The van der Waals surface area contributed by atoms with Gasteiger partial charge in [0.15, 0.2) is 0 Å². The van der Waals surface area contributed by atoms with Crippen LogP contribution in [0.25, 0.3) is 0 Å². The Labute approximate surface area is 297 Å². The second-order valence-corrected chi connectivity index (χ2v) is 13.1. The summed E-state index contributed by atoms with van der Waals surface area (Å²) in [6.45, 7) is 3.14. The number of ether oxygens (including phenoxy) is 3. The Bertz CT molecular complexity index is 2090. The molecule has 4 atom stereocenters. The summed E-state index contributed by atoms with van der Waals surface area (Å²) in [5.74, 6) is 3.58. The predicted octanol–water partition coefficient (Wildman–Crippen LogP) is 9.13. The molecule has 0 amide bonds. The molecule has 7 heteroatoms. The van der Waals surface area contributed by atoms with Gasteiger partial charge < -0.3 is 34.6 Å². The molecule has 2 aliphatic heterocycles. The van der Waals surface area contributed by atoms with E-state index in [0.717, 1.165) is 33.8 Å². The minimum Gasteiger partial charge on any atom is -0.508 e. The molecule has 51 heavy (non-hydrogen) atoms. The highest BCUT2D eigenvalue weighted by molar-refractivity contribution is 5.52. The number of hydrogen-bond donors (Lipinski definition) is 4. The van der Waals surface area contributed by atoms with Gasteiger partial charge in [0.1, 0.15) is 40.2 Å². The van der Waals surface area contributed by atoms with Gasteiger partial charge in [0.05, 0.1) is 20.3 Å². The van der Waals surface area contributed by atoms with E-state index in [9.17, 15) is 20.4 Å². The molecule has 0 aromatic heterocycles. The van der Waals surface area contributed by atoms with Crippen molar-refractivity contribution in [3.05, 3.63) is 172 Å². The molecule has 6 aromatic carbocycles. The van der Waals surface area contributed by atoms with Gasteiger partial charge in [-0.15, -0.1) is 0 Å². The minimum atomic E-state index is 0.0227. The van der Waals surface area contributed by atoms with E-state index >= 15 is 0 Å². The molecule has 8 rings (SSSR count). The third kappa shape index (κ3) is 7.15. The monoisotopic (exact) mass is 680 g/mol. The number of phenolic OH excluding ortho intramolecular Hbond substituents is 4. The second-order valence-electron chi connectivity index (χ2n) is 13.1. The number of benzene rings is 6. The Morgan fingerprint density at radius 1 is 0.471 bits per heavy atom. The van der Waals surface area contributed by atoms with Crippen LogP contribution >= 0.6 is 0 Å². The molecule has 0 saturated heterocycles. The van der Waals surface area contributed by atoms with Crippen LogP contribution in [0.3, 0.4) is 0 Å². The SMILES string of the molecule is COc1ccc(C2c3ccc(O)cc3OCC2c2ccc(C)cc2)cc1.Oc1ccc(C2COc3cc(O)ccc3C2c2ccc(O)cc2)cc1. The number of rotatable bonds is 5. The largest absolute Gasteiger partial charge is 0.508 e.